The van der Waals surface area contributed by atoms with Crippen LogP contribution in [-0.2, 0) is 6.54 Å². The average Bonchev–Trinajstić information content (AvgIpc) is 2.50. The van der Waals surface area contributed by atoms with Crippen LogP contribution in [0.2, 0.25) is 0 Å². The van der Waals surface area contributed by atoms with Crippen LogP contribution in [0, 0.1) is 13.8 Å². The van der Waals surface area contributed by atoms with Crippen LogP contribution in [0.25, 0.3) is 0 Å². The Kier molecular flexibility index (Phi) is 6.06. The number of nitrogens with zero attached hydrogens (tertiary/aromatic N) is 2. The Bertz CT molecular complexity index is 699. The van der Waals surface area contributed by atoms with Gasteiger partial charge in [0.1, 0.15) is 0 Å². The van der Waals surface area contributed by atoms with Crippen molar-refractivity contribution in [2.24, 2.45) is 10.7 Å². The summed E-state index contributed by atoms with van der Waals surface area (Å²) >= 11 is 0. The lowest BCUT2D eigenvalue weighted by molar-refractivity contribution is 0.0795. The van der Waals surface area contributed by atoms with Gasteiger partial charge in [0.15, 0.2) is 12.6 Å². The summed E-state index contributed by atoms with van der Waals surface area (Å²) in [5.41, 5.74) is 9.76. The maximum atomic E-state index is 12.1. The first-order valence-electron chi connectivity index (χ1n) is 7.43. The summed E-state index contributed by atoms with van der Waals surface area (Å²) in [6, 6.07) is 9.30. The summed E-state index contributed by atoms with van der Waals surface area (Å²) in [5, 5.41) is 3.03. The molecule has 2 rings (SSSR count). The smallest absolute Gasteiger partial charge is 0.272 e. The predicted octanol–water partition coefficient (Wildman–Crippen LogP) is 3.27. The molecule has 7 heteroatoms. The fourth-order valence-corrected chi connectivity index (χ4v) is 2.19. The second-order valence-electron chi connectivity index (χ2n) is 5.41. The molecule has 2 aromatic rings. The van der Waals surface area contributed by atoms with Gasteiger partial charge in [0.25, 0.3) is 6.43 Å². The van der Waals surface area contributed by atoms with E-state index in [4.69, 9.17) is 10.5 Å². The molecule has 0 saturated carbocycles. The molecule has 24 heavy (non-hydrogen) atoms. The number of aliphatic imine (C=N–C) groups is 1. The Hall–Kier alpha value is -2.70. The second-order valence-corrected chi connectivity index (χ2v) is 5.41. The van der Waals surface area contributed by atoms with Gasteiger partial charge in [-0.3, -0.25) is 0 Å². The number of aromatic nitrogens is 1. The molecule has 0 spiro atoms. The van der Waals surface area contributed by atoms with E-state index in [1.54, 1.807) is 12.1 Å². The molecular formula is C17H20F2N4O. The minimum absolute atomic E-state index is 0.142. The number of pyridine rings is 1. The summed E-state index contributed by atoms with van der Waals surface area (Å²) in [7, 11) is 0. The number of aryl methyl sites for hydroxylation is 2. The van der Waals surface area contributed by atoms with Crippen LogP contribution in [0.15, 0.2) is 41.5 Å². The summed E-state index contributed by atoms with van der Waals surface area (Å²) in [6.07, 6.45) is -1.05. The standard InChI is InChI=1S/C17H20F2N4O/c1-11-5-12(2)7-14(6-11)23-17(20)22-9-13-3-4-21-16(8-13)24-10-15(18)19/h3-8,15H,9-10H2,1-2H3,(H3,20,22,23). The van der Waals surface area contributed by atoms with Gasteiger partial charge in [0.2, 0.25) is 5.88 Å². The normalized spacial score (nSPS) is 11.6. The molecule has 0 amide bonds. The van der Waals surface area contributed by atoms with Crippen LogP contribution in [0.5, 0.6) is 5.88 Å². The third-order valence-corrected chi connectivity index (χ3v) is 3.08. The highest BCUT2D eigenvalue weighted by molar-refractivity contribution is 5.92. The molecule has 0 saturated heterocycles. The lowest BCUT2D eigenvalue weighted by Crippen LogP contribution is -2.22. The molecule has 3 N–H and O–H groups in total. The third kappa shape index (κ3) is 5.83. The average molecular weight is 334 g/mol. The van der Waals surface area contributed by atoms with E-state index in [0.717, 1.165) is 22.4 Å². The highest BCUT2D eigenvalue weighted by atomic mass is 19.3. The number of alkyl halides is 2. The molecule has 0 bridgehead atoms. The number of hydrogen-bond acceptors (Lipinski definition) is 3. The zero-order valence-corrected chi connectivity index (χ0v) is 13.6. The van der Waals surface area contributed by atoms with Gasteiger partial charge in [-0.15, -0.1) is 0 Å². The van der Waals surface area contributed by atoms with Crippen molar-refractivity contribution in [3.63, 3.8) is 0 Å². The van der Waals surface area contributed by atoms with Crippen LogP contribution in [-0.4, -0.2) is 24.0 Å². The molecular weight excluding hydrogens is 314 g/mol. The second kappa shape index (κ2) is 8.24. The van der Waals surface area contributed by atoms with Gasteiger partial charge in [-0.05, 0) is 48.7 Å². The van der Waals surface area contributed by atoms with Crippen molar-refractivity contribution in [2.75, 3.05) is 11.9 Å². The molecule has 0 aliphatic carbocycles. The molecule has 1 aromatic carbocycles. The molecule has 0 fully saturated rings. The number of rotatable bonds is 6. The first kappa shape index (κ1) is 17.7. The lowest BCUT2D eigenvalue weighted by atomic mass is 10.1. The summed E-state index contributed by atoms with van der Waals surface area (Å²) < 4.78 is 29.2. The fourth-order valence-electron chi connectivity index (χ4n) is 2.19. The van der Waals surface area contributed by atoms with E-state index in [0.29, 0.717) is 0 Å². The Morgan fingerprint density at radius 3 is 2.62 bits per heavy atom. The number of ether oxygens (including phenoxy) is 1. The molecule has 0 atom stereocenters. The summed E-state index contributed by atoms with van der Waals surface area (Å²) in [6.45, 7) is 3.61. The van der Waals surface area contributed by atoms with Gasteiger partial charge < -0.3 is 15.8 Å². The number of hydrogen-bond donors (Lipinski definition) is 2. The van der Waals surface area contributed by atoms with Gasteiger partial charge >= 0.3 is 0 Å². The van der Waals surface area contributed by atoms with E-state index < -0.39 is 13.0 Å². The molecule has 1 aromatic heterocycles. The number of nitrogens with one attached hydrogen (secondary N) is 1. The number of halogens is 2. The molecule has 5 nitrogen and oxygen atoms in total. The van der Waals surface area contributed by atoms with Crippen LogP contribution in [0.4, 0.5) is 14.5 Å². The van der Waals surface area contributed by atoms with Gasteiger partial charge in [-0.25, -0.2) is 18.8 Å². The van der Waals surface area contributed by atoms with Crippen LogP contribution < -0.4 is 15.8 Å². The zero-order valence-electron chi connectivity index (χ0n) is 13.6. The highest BCUT2D eigenvalue weighted by Crippen LogP contribution is 2.14. The Morgan fingerprint density at radius 1 is 1.25 bits per heavy atom. The number of nitrogens with two attached hydrogens (primary N) is 1. The summed E-state index contributed by atoms with van der Waals surface area (Å²) in [4.78, 5) is 8.11. The van der Waals surface area contributed by atoms with Crippen molar-refractivity contribution in [2.45, 2.75) is 26.8 Å². The number of guanidine groups is 1. The SMILES string of the molecule is Cc1cc(C)cc(NC(N)=NCc2ccnc(OCC(F)F)c2)c1. The van der Waals surface area contributed by atoms with Gasteiger partial charge in [0, 0.05) is 18.0 Å². The predicted molar refractivity (Wildman–Crippen MR) is 90.6 cm³/mol. The van der Waals surface area contributed by atoms with E-state index in [9.17, 15) is 8.78 Å². The lowest BCUT2D eigenvalue weighted by Gasteiger charge is -2.08. The van der Waals surface area contributed by atoms with E-state index in [1.165, 1.54) is 6.20 Å². The van der Waals surface area contributed by atoms with E-state index >= 15 is 0 Å². The van der Waals surface area contributed by atoms with Crippen molar-refractivity contribution >= 4 is 11.6 Å². The largest absolute Gasteiger partial charge is 0.472 e. The third-order valence-electron chi connectivity index (χ3n) is 3.08. The van der Waals surface area contributed by atoms with Crippen molar-refractivity contribution in [1.82, 2.24) is 4.98 Å². The molecule has 0 aliphatic heterocycles. The van der Waals surface area contributed by atoms with Crippen molar-refractivity contribution in [1.29, 1.82) is 0 Å². The topological polar surface area (TPSA) is 72.5 Å². The van der Waals surface area contributed by atoms with Crippen LogP contribution in [0.3, 0.4) is 0 Å². The minimum Gasteiger partial charge on any atom is -0.472 e. The Morgan fingerprint density at radius 2 is 1.96 bits per heavy atom. The number of anilines is 1. The Balaban J connectivity index is 1.97. The van der Waals surface area contributed by atoms with Gasteiger partial charge in [-0.1, -0.05) is 6.07 Å². The van der Waals surface area contributed by atoms with Gasteiger partial charge in [0.05, 0.1) is 6.54 Å². The molecule has 0 radical (unpaired) electrons. The fraction of sp³-hybridized carbons (Fsp3) is 0.294. The molecule has 1 heterocycles. The molecule has 0 unspecified atom stereocenters. The van der Waals surface area contributed by atoms with E-state index in [-0.39, 0.29) is 18.4 Å². The van der Waals surface area contributed by atoms with Crippen molar-refractivity contribution in [3.8, 4) is 5.88 Å². The quantitative estimate of drug-likeness (QED) is 0.628. The monoisotopic (exact) mass is 334 g/mol. The van der Waals surface area contributed by atoms with E-state index in [1.807, 2.05) is 26.0 Å². The minimum atomic E-state index is -2.54. The Labute approximate surface area is 139 Å². The van der Waals surface area contributed by atoms with Gasteiger partial charge in [-0.2, -0.15) is 0 Å². The first-order chi connectivity index (χ1) is 11.4. The van der Waals surface area contributed by atoms with Crippen LogP contribution in [0.1, 0.15) is 16.7 Å². The molecule has 0 aliphatic rings. The molecule has 128 valence electrons. The van der Waals surface area contributed by atoms with Crippen molar-refractivity contribution in [3.05, 3.63) is 53.2 Å². The number of benzene rings is 1. The summed E-state index contributed by atoms with van der Waals surface area (Å²) in [5.74, 6) is 0.413. The van der Waals surface area contributed by atoms with Crippen molar-refractivity contribution < 1.29 is 13.5 Å². The van der Waals surface area contributed by atoms with Crippen LogP contribution >= 0.6 is 0 Å². The zero-order chi connectivity index (χ0) is 17.5. The van der Waals surface area contributed by atoms with E-state index in [2.05, 4.69) is 21.4 Å². The maximum Gasteiger partial charge on any atom is 0.272 e. The highest BCUT2D eigenvalue weighted by Gasteiger charge is 2.05. The first-order valence-corrected chi connectivity index (χ1v) is 7.43. The maximum absolute atomic E-state index is 12.1.